The largest absolute Gasteiger partial charge is 0.307 e. The summed E-state index contributed by atoms with van der Waals surface area (Å²) < 4.78 is 0. The van der Waals surface area contributed by atoms with Crippen LogP contribution in [0.4, 0.5) is 0 Å². The van der Waals surface area contributed by atoms with E-state index in [0.29, 0.717) is 11.5 Å². The van der Waals surface area contributed by atoms with Gasteiger partial charge in [0.2, 0.25) is 0 Å². The van der Waals surface area contributed by atoms with Gasteiger partial charge in [-0.05, 0) is 35.8 Å². The molecule has 0 aliphatic heterocycles. The van der Waals surface area contributed by atoms with Crippen LogP contribution in [-0.4, -0.2) is 6.04 Å². The summed E-state index contributed by atoms with van der Waals surface area (Å²) >= 11 is 0. The van der Waals surface area contributed by atoms with E-state index in [1.165, 1.54) is 38.5 Å². The summed E-state index contributed by atoms with van der Waals surface area (Å²) in [6.07, 6.45) is 8.21. The summed E-state index contributed by atoms with van der Waals surface area (Å²) in [5.41, 5.74) is 3.46. The lowest BCUT2D eigenvalue weighted by Gasteiger charge is -2.34. The normalized spacial score (nSPS) is 27.1. The van der Waals surface area contributed by atoms with Gasteiger partial charge in [0, 0.05) is 12.1 Å². The van der Waals surface area contributed by atoms with E-state index in [2.05, 4.69) is 43.4 Å². The minimum Gasteiger partial charge on any atom is -0.307 e. The van der Waals surface area contributed by atoms with Gasteiger partial charge in [0.1, 0.15) is 0 Å². The average molecular weight is 243 g/mol. The van der Waals surface area contributed by atoms with Crippen molar-refractivity contribution in [3.05, 3.63) is 35.4 Å². The Morgan fingerprint density at radius 2 is 1.78 bits per heavy atom. The number of hydrogen-bond donors (Lipinski definition) is 1. The van der Waals surface area contributed by atoms with Gasteiger partial charge < -0.3 is 5.32 Å². The first-order chi connectivity index (χ1) is 8.67. The fourth-order valence-corrected chi connectivity index (χ4v) is 3.81. The van der Waals surface area contributed by atoms with E-state index in [9.17, 15) is 0 Å². The minimum atomic E-state index is 0.362. The van der Waals surface area contributed by atoms with E-state index in [0.717, 1.165) is 6.04 Å². The first-order valence-electron chi connectivity index (χ1n) is 7.51. The summed E-state index contributed by atoms with van der Waals surface area (Å²) in [5.74, 6) is 0. The van der Waals surface area contributed by atoms with E-state index >= 15 is 0 Å². The fraction of sp³-hybridized carbons (Fsp3) is 0.647. The molecule has 1 aromatic rings. The Hall–Kier alpha value is -0.820. The number of hydrogen-bond acceptors (Lipinski definition) is 1. The molecule has 1 fully saturated rings. The number of rotatable bonds is 2. The second kappa shape index (κ2) is 4.70. The summed E-state index contributed by atoms with van der Waals surface area (Å²) in [7, 11) is 0. The van der Waals surface area contributed by atoms with Gasteiger partial charge in [-0.15, -0.1) is 0 Å². The predicted octanol–water partition coefficient (Wildman–Crippen LogP) is 4.23. The highest BCUT2D eigenvalue weighted by Gasteiger charge is 2.39. The molecule has 2 aliphatic rings. The molecule has 18 heavy (non-hydrogen) atoms. The Morgan fingerprint density at radius 1 is 1.06 bits per heavy atom. The lowest BCUT2D eigenvalue weighted by Crippen LogP contribution is -2.39. The van der Waals surface area contributed by atoms with Crippen LogP contribution >= 0.6 is 0 Å². The van der Waals surface area contributed by atoms with Crippen LogP contribution in [0, 0.1) is 5.41 Å². The number of benzene rings is 1. The molecule has 0 saturated heterocycles. The third-order valence-electron chi connectivity index (χ3n) is 4.80. The molecular weight excluding hydrogens is 218 g/mol. The maximum atomic E-state index is 3.96. The van der Waals surface area contributed by atoms with Crippen molar-refractivity contribution in [1.82, 2.24) is 5.32 Å². The molecule has 0 spiro atoms. The van der Waals surface area contributed by atoms with Crippen LogP contribution in [0.15, 0.2) is 24.3 Å². The predicted molar refractivity (Wildman–Crippen MR) is 76.7 cm³/mol. The van der Waals surface area contributed by atoms with Gasteiger partial charge in [0.15, 0.2) is 0 Å². The monoisotopic (exact) mass is 243 g/mol. The third-order valence-corrected chi connectivity index (χ3v) is 4.80. The van der Waals surface area contributed by atoms with Crippen molar-refractivity contribution in [2.75, 3.05) is 0 Å². The van der Waals surface area contributed by atoms with Crippen molar-refractivity contribution in [2.24, 2.45) is 5.41 Å². The van der Waals surface area contributed by atoms with Crippen molar-refractivity contribution in [3.63, 3.8) is 0 Å². The van der Waals surface area contributed by atoms with Crippen molar-refractivity contribution in [3.8, 4) is 0 Å². The molecule has 98 valence electrons. The zero-order valence-corrected chi connectivity index (χ0v) is 11.7. The molecule has 0 bridgehead atoms. The van der Waals surface area contributed by atoms with Crippen molar-refractivity contribution in [2.45, 2.75) is 64.5 Å². The highest BCUT2D eigenvalue weighted by atomic mass is 15.0. The SMILES string of the molecule is CC1(C)Cc2ccccc2C1NC1CCCCC1. The quantitative estimate of drug-likeness (QED) is 0.819. The van der Waals surface area contributed by atoms with Crippen LogP contribution in [0.5, 0.6) is 0 Å². The maximum absolute atomic E-state index is 3.96. The van der Waals surface area contributed by atoms with Gasteiger partial charge in [0.05, 0.1) is 0 Å². The first kappa shape index (κ1) is 12.2. The number of fused-ring (bicyclic) bond motifs is 1. The minimum absolute atomic E-state index is 0.362. The molecule has 0 heterocycles. The van der Waals surface area contributed by atoms with E-state index < -0.39 is 0 Å². The van der Waals surface area contributed by atoms with Crippen molar-refractivity contribution in [1.29, 1.82) is 0 Å². The summed E-state index contributed by atoms with van der Waals surface area (Å²) in [6.45, 7) is 4.82. The van der Waals surface area contributed by atoms with Crippen molar-refractivity contribution < 1.29 is 0 Å². The molecule has 1 atom stereocenters. The standard InChI is InChI=1S/C17H25N/c1-17(2)12-13-8-6-7-11-15(13)16(17)18-14-9-4-3-5-10-14/h6-8,11,14,16,18H,3-5,9-10,12H2,1-2H3. The van der Waals surface area contributed by atoms with Crippen LogP contribution in [0.3, 0.4) is 0 Å². The van der Waals surface area contributed by atoms with Crippen LogP contribution in [-0.2, 0) is 6.42 Å². The zero-order valence-electron chi connectivity index (χ0n) is 11.7. The Bertz CT molecular complexity index is 415. The molecular formula is C17H25N. The average Bonchev–Trinajstić information content (AvgIpc) is 2.62. The van der Waals surface area contributed by atoms with Gasteiger partial charge in [-0.2, -0.15) is 0 Å². The number of nitrogens with one attached hydrogen (secondary N) is 1. The second-order valence-electron chi connectivity index (χ2n) is 6.80. The molecule has 1 heteroatoms. The van der Waals surface area contributed by atoms with Crippen molar-refractivity contribution >= 4 is 0 Å². The van der Waals surface area contributed by atoms with Gasteiger partial charge in [-0.25, -0.2) is 0 Å². The molecule has 3 rings (SSSR count). The van der Waals surface area contributed by atoms with E-state index in [1.807, 2.05) is 0 Å². The smallest absolute Gasteiger partial charge is 0.0379 e. The molecule has 0 amide bonds. The first-order valence-corrected chi connectivity index (χ1v) is 7.51. The van der Waals surface area contributed by atoms with Gasteiger partial charge >= 0.3 is 0 Å². The van der Waals surface area contributed by atoms with E-state index in [-0.39, 0.29) is 0 Å². The summed E-state index contributed by atoms with van der Waals surface area (Å²) in [4.78, 5) is 0. The lowest BCUT2D eigenvalue weighted by atomic mass is 9.84. The zero-order chi connectivity index (χ0) is 12.6. The van der Waals surface area contributed by atoms with Crippen LogP contribution in [0.1, 0.15) is 63.1 Å². The van der Waals surface area contributed by atoms with Crippen LogP contribution in [0.25, 0.3) is 0 Å². The van der Waals surface area contributed by atoms with Gasteiger partial charge in [-0.1, -0.05) is 57.4 Å². The van der Waals surface area contributed by atoms with Gasteiger partial charge in [-0.3, -0.25) is 0 Å². The maximum Gasteiger partial charge on any atom is 0.0379 e. The summed E-state index contributed by atoms with van der Waals surface area (Å²) in [5, 5.41) is 3.96. The highest BCUT2D eigenvalue weighted by molar-refractivity contribution is 5.37. The fourth-order valence-electron chi connectivity index (χ4n) is 3.81. The molecule has 0 radical (unpaired) electrons. The van der Waals surface area contributed by atoms with Crippen LogP contribution < -0.4 is 5.32 Å². The molecule has 1 aromatic carbocycles. The molecule has 1 saturated carbocycles. The molecule has 1 unspecified atom stereocenters. The lowest BCUT2D eigenvalue weighted by molar-refractivity contribution is 0.226. The highest BCUT2D eigenvalue weighted by Crippen LogP contribution is 2.45. The Balaban J connectivity index is 1.81. The molecule has 1 N–H and O–H groups in total. The topological polar surface area (TPSA) is 12.0 Å². The molecule has 2 aliphatic carbocycles. The Kier molecular flexibility index (Phi) is 3.19. The van der Waals surface area contributed by atoms with E-state index in [1.54, 1.807) is 11.1 Å². The second-order valence-corrected chi connectivity index (χ2v) is 6.80. The van der Waals surface area contributed by atoms with E-state index in [4.69, 9.17) is 0 Å². The third kappa shape index (κ3) is 2.21. The Labute approximate surface area is 111 Å². The Morgan fingerprint density at radius 3 is 2.56 bits per heavy atom. The van der Waals surface area contributed by atoms with Crippen LogP contribution in [0.2, 0.25) is 0 Å². The molecule has 1 nitrogen and oxygen atoms in total. The van der Waals surface area contributed by atoms with Gasteiger partial charge in [0.25, 0.3) is 0 Å². The summed E-state index contributed by atoms with van der Waals surface area (Å²) in [6, 6.07) is 10.3. The molecule has 0 aromatic heterocycles.